The Kier molecular flexibility index (Phi) is 6.32. The molecule has 0 radical (unpaired) electrons. The van der Waals surface area contributed by atoms with Gasteiger partial charge in [-0.3, -0.25) is 9.69 Å². The van der Waals surface area contributed by atoms with Crippen molar-refractivity contribution in [3.63, 3.8) is 0 Å². The fourth-order valence-electron chi connectivity index (χ4n) is 3.92. The number of nitrogens with one attached hydrogen (secondary N) is 1. The molecule has 3 rings (SSSR count). The van der Waals surface area contributed by atoms with E-state index in [4.69, 9.17) is 9.84 Å². The maximum atomic E-state index is 10.9. The van der Waals surface area contributed by atoms with E-state index >= 15 is 0 Å². The lowest BCUT2D eigenvalue weighted by Crippen LogP contribution is -2.53. The van der Waals surface area contributed by atoms with Gasteiger partial charge < -0.3 is 15.2 Å². The Morgan fingerprint density at radius 2 is 2.08 bits per heavy atom. The summed E-state index contributed by atoms with van der Waals surface area (Å²) >= 11 is 0. The molecule has 5 heteroatoms. The van der Waals surface area contributed by atoms with Gasteiger partial charge in [-0.1, -0.05) is 19.1 Å². The number of carboxylic acids is 1. The van der Waals surface area contributed by atoms with Crippen LogP contribution < -0.4 is 10.1 Å². The molecule has 2 aliphatic carbocycles. The van der Waals surface area contributed by atoms with Gasteiger partial charge in [-0.15, -0.1) is 0 Å². The standard InChI is InChI=1S/C20H30N2O3/c1-2-22(14-20(23)24)17-11-16(12-17)21-13-15-6-5-9-19(10-15)25-18-7-3-4-8-18/h5-6,9-10,16-18,21H,2-4,7-8,11-14H2,1H3,(H,23,24). The largest absolute Gasteiger partial charge is 0.490 e. The number of hydrogen-bond donors (Lipinski definition) is 2. The second-order valence-corrected chi connectivity index (χ2v) is 7.33. The summed E-state index contributed by atoms with van der Waals surface area (Å²) in [4.78, 5) is 12.9. The smallest absolute Gasteiger partial charge is 0.317 e. The molecule has 1 aromatic carbocycles. The summed E-state index contributed by atoms with van der Waals surface area (Å²) in [6, 6.07) is 9.27. The molecule has 0 saturated heterocycles. The highest BCUT2D eigenvalue weighted by Crippen LogP contribution is 2.27. The van der Waals surface area contributed by atoms with Gasteiger partial charge in [-0.2, -0.15) is 0 Å². The third-order valence-electron chi connectivity index (χ3n) is 5.47. The van der Waals surface area contributed by atoms with Crippen molar-refractivity contribution in [3.05, 3.63) is 29.8 Å². The Balaban J connectivity index is 1.41. The predicted molar refractivity (Wildman–Crippen MR) is 97.9 cm³/mol. The Bertz CT molecular complexity index is 566. The summed E-state index contributed by atoms with van der Waals surface area (Å²) in [6.07, 6.45) is 7.37. The zero-order valence-electron chi connectivity index (χ0n) is 15.1. The number of carboxylic acid groups (broad SMARTS) is 1. The van der Waals surface area contributed by atoms with Crippen molar-refractivity contribution >= 4 is 5.97 Å². The quantitative estimate of drug-likeness (QED) is 0.720. The first-order valence-corrected chi connectivity index (χ1v) is 9.59. The Labute approximate surface area is 150 Å². The highest BCUT2D eigenvalue weighted by molar-refractivity contribution is 5.69. The third-order valence-corrected chi connectivity index (χ3v) is 5.47. The van der Waals surface area contributed by atoms with Crippen molar-refractivity contribution in [3.8, 4) is 5.75 Å². The van der Waals surface area contributed by atoms with Gasteiger partial charge in [-0.25, -0.2) is 0 Å². The molecule has 0 unspecified atom stereocenters. The Morgan fingerprint density at radius 1 is 1.32 bits per heavy atom. The molecule has 1 aromatic rings. The molecule has 0 aliphatic heterocycles. The molecule has 5 nitrogen and oxygen atoms in total. The number of hydrogen-bond acceptors (Lipinski definition) is 4. The van der Waals surface area contributed by atoms with E-state index in [2.05, 4.69) is 28.4 Å². The molecule has 2 saturated carbocycles. The molecule has 0 atom stereocenters. The van der Waals surface area contributed by atoms with Gasteiger partial charge in [0.15, 0.2) is 0 Å². The summed E-state index contributed by atoms with van der Waals surface area (Å²) in [6.45, 7) is 3.81. The average molecular weight is 346 g/mol. The summed E-state index contributed by atoms with van der Waals surface area (Å²) in [7, 11) is 0. The molecule has 0 aromatic heterocycles. The van der Waals surface area contributed by atoms with E-state index in [1.54, 1.807) is 0 Å². The molecule has 25 heavy (non-hydrogen) atoms. The van der Waals surface area contributed by atoms with Crippen LogP contribution in [0.5, 0.6) is 5.75 Å². The number of benzene rings is 1. The highest BCUT2D eigenvalue weighted by Gasteiger charge is 2.33. The highest BCUT2D eigenvalue weighted by atomic mass is 16.5. The molecule has 2 N–H and O–H groups in total. The van der Waals surface area contributed by atoms with E-state index in [-0.39, 0.29) is 6.54 Å². The van der Waals surface area contributed by atoms with Crippen LogP contribution in [-0.4, -0.2) is 47.3 Å². The number of nitrogens with zero attached hydrogens (tertiary/aromatic N) is 1. The van der Waals surface area contributed by atoms with Crippen LogP contribution in [0.15, 0.2) is 24.3 Å². The molecule has 0 heterocycles. The van der Waals surface area contributed by atoms with E-state index in [0.29, 0.717) is 18.2 Å². The van der Waals surface area contributed by atoms with Crippen LogP contribution >= 0.6 is 0 Å². The van der Waals surface area contributed by atoms with Crippen LogP contribution in [0.25, 0.3) is 0 Å². The van der Waals surface area contributed by atoms with Gasteiger partial charge in [0.1, 0.15) is 5.75 Å². The van der Waals surface area contributed by atoms with Gasteiger partial charge in [0.05, 0.1) is 12.6 Å². The Morgan fingerprint density at radius 3 is 2.76 bits per heavy atom. The minimum absolute atomic E-state index is 0.147. The normalized spacial score (nSPS) is 23.6. The zero-order chi connectivity index (χ0) is 17.6. The van der Waals surface area contributed by atoms with Crippen LogP contribution in [0.2, 0.25) is 0 Å². The summed E-state index contributed by atoms with van der Waals surface area (Å²) in [5.74, 6) is 0.244. The van der Waals surface area contributed by atoms with E-state index < -0.39 is 5.97 Å². The van der Waals surface area contributed by atoms with Crippen LogP contribution in [0.1, 0.15) is 51.0 Å². The van der Waals surface area contributed by atoms with Crippen molar-refractivity contribution in [2.75, 3.05) is 13.1 Å². The lowest BCUT2D eigenvalue weighted by Gasteiger charge is -2.42. The zero-order valence-corrected chi connectivity index (χ0v) is 15.1. The number of rotatable bonds is 9. The number of likely N-dealkylation sites (N-methyl/N-ethyl adjacent to an activating group) is 1. The average Bonchev–Trinajstić information content (AvgIpc) is 3.05. The van der Waals surface area contributed by atoms with Crippen LogP contribution in [0.4, 0.5) is 0 Å². The van der Waals surface area contributed by atoms with E-state index in [1.807, 2.05) is 13.0 Å². The monoisotopic (exact) mass is 346 g/mol. The molecule has 2 aliphatic rings. The molecule has 0 spiro atoms. The summed E-state index contributed by atoms with van der Waals surface area (Å²) in [5.41, 5.74) is 1.25. The van der Waals surface area contributed by atoms with Crippen LogP contribution in [-0.2, 0) is 11.3 Å². The molecular weight excluding hydrogens is 316 g/mol. The topological polar surface area (TPSA) is 61.8 Å². The summed E-state index contributed by atoms with van der Waals surface area (Å²) in [5, 5.41) is 12.5. The third kappa shape index (κ3) is 5.19. The minimum Gasteiger partial charge on any atom is -0.490 e. The Hall–Kier alpha value is -1.59. The second kappa shape index (κ2) is 8.68. The van der Waals surface area contributed by atoms with E-state index in [0.717, 1.165) is 31.7 Å². The summed E-state index contributed by atoms with van der Waals surface area (Å²) < 4.78 is 6.07. The van der Waals surface area contributed by atoms with Gasteiger partial charge in [0.25, 0.3) is 0 Å². The fourth-order valence-corrected chi connectivity index (χ4v) is 3.92. The van der Waals surface area contributed by atoms with Crippen molar-refractivity contribution in [1.29, 1.82) is 0 Å². The van der Waals surface area contributed by atoms with Gasteiger partial charge in [-0.05, 0) is 62.8 Å². The molecule has 0 bridgehead atoms. The first-order valence-electron chi connectivity index (χ1n) is 9.59. The molecular formula is C20H30N2O3. The number of ether oxygens (including phenoxy) is 1. The molecule has 0 amide bonds. The first-order chi connectivity index (χ1) is 12.1. The maximum Gasteiger partial charge on any atom is 0.317 e. The maximum absolute atomic E-state index is 10.9. The number of carbonyl (C=O) groups is 1. The molecule has 2 fully saturated rings. The van der Waals surface area contributed by atoms with Crippen LogP contribution in [0.3, 0.4) is 0 Å². The lowest BCUT2D eigenvalue weighted by atomic mass is 9.85. The van der Waals surface area contributed by atoms with Gasteiger partial charge >= 0.3 is 5.97 Å². The molecule has 138 valence electrons. The van der Waals surface area contributed by atoms with Crippen molar-refractivity contribution in [2.24, 2.45) is 0 Å². The fraction of sp³-hybridized carbons (Fsp3) is 0.650. The van der Waals surface area contributed by atoms with Gasteiger partial charge in [0, 0.05) is 18.6 Å². The minimum atomic E-state index is -0.739. The number of aliphatic carboxylic acids is 1. The lowest BCUT2D eigenvalue weighted by molar-refractivity contribution is -0.139. The van der Waals surface area contributed by atoms with Crippen molar-refractivity contribution in [1.82, 2.24) is 10.2 Å². The van der Waals surface area contributed by atoms with E-state index in [9.17, 15) is 4.79 Å². The first kappa shape index (κ1) is 18.2. The SMILES string of the molecule is CCN(CC(=O)O)C1CC(NCc2cccc(OC3CCCC3)c2)C1. The van der Waals surface area contributed by atoms with Crippen molar-refractivity contribution < 1.29 is 14.6 Å². The van der Waals surface area contributed by atoms with Gasteiger partial charge in [0.2, 0.25) is 0 Å². The van der Waals surface area contributed by atoms with E-state index in [1.165, 1.54) is 31.2 Å². The second-order valence-electron chi connectivity index (χ2n) is 7.33. The predicted octanol–water partition coefficient (Wildman–Crippen LogP) is 3.04. The van der Waals surface area contributed by atoms with Crippen LogP contribution in [0, 0.1) is 0 Å². The van der Waals surface area contributed by atoms with Crippen molar-refractivity contribution in [2.45, 2.75) is 70.2 Å².